The quantitative estimate of drug-likeness (QED) is 0.702. The van der Waals surface area contributed by atoms with Gasteiger partial charge in [0.25, 0.3) is 0 Å². The Morgan fingerprint density at radius 2 is 2.31 bits per heavy atom. The van der Waals surface area contributed by atoms with Crippen molar-refractivity contribution in [3.05, 3.63) is 28.5 Å². The van der Waals surface area contributed by atoms with E-state index in [0.717, 1.165) is 5.56 Å². The first-order chi connectivity index (χ1) is 6.02. The molecule has 3 N–H and O–H groups in total. The third kappa shape index (κ3) is 2.17. The number of nitrogens with zero attached hydrogens (tertiary/aromatic N) is 1. The number of hydrogen-bond donors (Lipinski definition) is 2. The Bertz CT molecular complexity index is 341. The van der Waals surface area contributed by atoms with Gasteiger partial charge in [-0.3, -0.25) is 4.79 Å². The molecule has 0 aliphatic rings. The number of carboxylic acid groups (broad SMARTS) is 1. The second-order valence-electron chi connectivity index (χ2n) is 2.66. The molecule has 4 nitrogen and oxygen atoms in total. The summed E-state index contributed by atoms with van der Waals surface area (Å²) in [5.74, 6) is -1.12. The summed E-state index contributed by atoms with van der Waals surface area (Å²) in [7, 11) is 0. The summed E-state index contributed by atoms with van der Waals surface area (Å²) in [4.78, 5) is 14.3. The van der Waals surface area contributed by atoms with Crippen LogP contribution in [0.25, 0.3) is 0 Å². The van der Waals surface area contributed by atoms with Gasteiger partial charge in [0.15, 0.2) is 0 Å². The van der Waals surface area contributed by atoms with Crippen molar-refractivity contribution >= 4 is 17.6 Å². The Balaban J connectivity index is 3.03. The molecule has 1 aromatic heterocycles. The van der Waals surface area contributed by atoms with Gasteiger partial charge in [-0.15, -0.1) is 0 Å². The first-order valence-corrected chi connectivity index (χ1v) is 4.01. The van der Waals surface area contributed by atoms with Crippen LogP contribution in [0.4, 0.5) is 0 Å². The summed E-state index contributed by atoms with van der Waals surface area (Å²) in [5, 5.41) is 8.87. The van der Waals surface area contributed by atoms with Crippen molar-refractivity contribution in [1.29, 1.82) is 0 Å². The molecule has 0 bridgehead atoms. The predicted molar refractivity (Wildman–Crippen MR) is 48.5 cm³/mol. The number of carbonyl (C=O) groups is 1. The first kappa shape index (κ1) is 9.95. The summed E-state index contributed by atoms with van der Waals surface area (Å²) < 4.78 is 0. The van der Waals surface area contributed by atoms with Crippen LogP contribution in [0.5, 0.6) is 0 Å². The molecule has 1 unspecified atom stereocenters. The standard InChI is InChI=1S/C8H9ClN2O2/c1-4-2-3-5(11-7(4)9)6(10)8(12)13/h2-3,6H,10H2,1H3,(H,12,13). The van der Waals surface area contributed by atoms with Gasteiger partial charge in [-0.05, 0) is 18.6 Å². The highest BCUT2D eigenvalue weighted by atomic mass is 35.5. The van der Waals surface area contributed by atoms with Crippen molar-refractivity contribution in [2.45, 2.75) is 13.0 Å². The lowest BCUT2D eigenvalue weighted by atomic mass is 10.2. The molecule has 1 heterocycles. The number of rotatable bonds is 2. The van der Waals surface area contributed by atoms with Gasteiger partial charge in [-0.1, -0.05) is 17.7 Å². The fourth-order valence-corrected chi connectivity index (χ4v) is 0.978. The molecule has 0 amide bonds. The maximum Gasteiger partial charge on any atom is 0.326 e. The van der Waals surface area contributed by atoms with Crippen LogP contribution in [0.1, 0.15) is 17.3 Å². The van der Waals surface area contributed by atoms with E-state index >= 15 is 0 Å². The van der Waals surface area contributed by atoms with E-state index in [1.54, 1.807) is 19.1 Å². The minimum atomic E-state index is -1.12. The molecule has 13 heavy (non-hydrogen) atoms. The Hall–Kier alpha value is -1.13. The van der Waals surface area contributed by atoms with Gasteiger partial charge in [-0.2, -0.15) is 0 Å². The highest BCUT2D eigenvalue weighted by molar-refractivity contribution is 6.30. The number of nitrogens with two attached hydrogens (primary N) is 1. The van der Waals surface area contributed by atoms with Crippen LogP contribution in [0, 0.1) is 6.92 Å². The number of pyridine rings is 1. The van der Waals surface area contributed by atoms with E-state index in [9.17, 15) is 4.79 Å². The molecule has 0 saturated carbocycles. The van der Waals surface area contributed by atoms with Crippen LogP contribution in [-0.2, 0) is 4.79 Å². The molecule has 5 heteroatoms. The van der Waals surface area contributed by atoms with Crippen LogP contribution in [0.3, 0.4) is 0 Å². The third-order valence-electron chi connectivity index (χ3n) is 1.64. The normalized spacial score (nSPS) is 12.5. The molecular formula is C8H9ClN2O2. The van der Waals surface area contributed by atoms with Crippen molar-refractivity contribution < 1.29 is 9.90 Å². The number of hydrogen-bond acceptors (Lipinski definition) is 3. The molecule has 0 spiro atoms. The maximum atomic E-state index is 10.5. The zero-order valence-corrected chi connectivity index (χ0v) is 7.75. The minimum absolute atomic E-state index is 0.267. The molecule has 0 aliphatic heterocycles. The van der Waals surface area contributed by atoms with Crippen LogP contribution in [0.15, 0.2) is 12.1 Å². The Labute approximate surface area is 80.3 Å². The van der Waals surface area contributed by atoms with Gasteiger partial charge >= 0.3 is 5.97 Å². The molecular weight excluding hydrogens is 192 g/mol. The van der Waals surface area contributed by atoms with Gasteiger partial charge in [0.2, 0.25) is 0 Å². The van der Waals surface area contributed by atoms with E-state index in [-0.39, 0.29) is 10.8 Å². The van der Waals surface area contributed by atoms with Gasteiger partial charge in [0, 0.05) is 0 Å². The van der Waals surface area contributed by atoms with E-state index in [1.165, 1.54) is 0 Å². The van der Waals surface area contributed by atoms with E-state index in [4.69, 9.17) is 22.4 Å². The van der Waals surface area contributed by atoms with Gasteiger partial charge in [0.05, 0.1) is 5.69 Å². The lowest BCUT2D eigenvalue weighted by Crippen LogP contribution is -2.21. The van der Waals surface area contributed by atoms with Crippen molar-refractivity contribution in [2.75, 3.05) is 0 Å². The summed E-state index contributed by atoms with van der Waals surface area (Å²) >= 11 is 5.70. The van der Waals surface area contributed by atoms with Gasteiger partial charge in [-0.25, -0.2) is 4.98 Å². The fourth-order valence-electron chi connectivity index (χ4n) is 0.818. The lowest BCUT2D eigenvalue weighted by Gasteiger charge is -2.06. The summed E-state index contributed by atoms with van der Waals surface area (Å²) in [5.41, 5.74) is 6.40. The number of aliphatic carboxylic acids is 1. The van der Waals surface area contributed by atoms with Crippen LogP contribution in [0.2, 0.25) is 5.15 Å². The average molecular weight is 201 g/mol. The summed E-state index contributed by atoms with van der Waals surface area (Å²) in [6.07, 6.45) is 0. The molecule has 0 radical (unpaired) electrons. The predicted octanol–water partition coefficient (Wildman–Crippen LogP) is 1.13. The molecule has 70 valence electrons. The van der Waals surface area contributed by atoms with E-state index in [2.05, 4.69) is 4.98 Å². The number of halogens is 1. The zero-order valence-electron chi connectivity index (χ0n) is 6.99. The maximum absolute atomic E-state index is 10.5. The zero-order chi connectivity index (χ0) is 10.0. The lowest BCUT2D eigenvalue weighted by molar-refractivity contribution is -0.138. The van der Waals surface area contributed by atoms with Gasteiger partial charge in [0.1, 0.15) is 11.2 Å². The minimum Gasteiger partial charge on any atom is -0.480 e. The Morgan fingerprint density at radius 3 is 2.77 bits per heavy atom. The molecule has 0 aromatic carbocycles. The van der Waals surface area contributed by atoms with Crippen LogP contribution < -0.4 is 5.73 Å². The highest BCUT2D eigenvalue weighted by Crippen LogP contribution is 2.15. The second-order valence-corrected chi connectivity index (χ2v) is 3.02. The average Bonchev–Trinajstić information content (AvgIpc) is 2.08. The van der Waals surface area contributed by atoms with Gasteiger partial charge < -0.3 is 10.8 Å². The molecule has 1 aromatic rings. The Morgan fingerprint density at radius 1 is 1.69 bits per heavy atom. The van der Waals surface area contributed by atoms with E-state index in [1.807, 2.05) is 0 Å². The molecule has 0 aliphatic carbocycles. The van der Waals surface area contributed by atoms with Crippen LogP contribution in [-0.4, -0.2) is 16.1 Å². The second kappa shape index (κ2) is 3.72. The van der Waals surface area contributed by atoms with Crippen molar-refractivity contribution in [3.8, 4) is 0 Å². The number of aromatic nitrogens is 1. The molecule has 1 rings (SSSR count). The number of carboxylic acids is 1. The molecule has 0 saturated heterocycles. The number of aryl methyl sites for hydroxylation is 1. The van der Waals surface area contributed by atoms with Crippen molar-refractivity contribution in [1.82, 2.24) is 4.98 Å². The molecule has 0 fully saturated rings. The summed E-state index contributed by atoms with van der Waals surface area (Å²) in [6.45, 7) is 1.78. The molecule has 1 atom stereocenters. The highest BCUT2D eigenvalue weighted by Gasteiger charge is 2.16. The SMILES string of the molecule is Cc1ccc(C(N)C(=O)O)nc1Cl. The monoisotopic (exact) mass is 200 g/mol. The summed E-state index contributed by atoms with van der Waals surface area (Å²) in [6, 6.07) is 2.13. The smallest absolute Gasteiger partial charge is 0.326 e. The van der Waals surface area contributed by atoms with E-state index in [0.29, 0.717) is 0 Å². The van der Waals surface area contributed by atoms with E-state index < -0.39 is 12.0 Å². The van der Waals surface area contributed by atoms with Crippen molar-refractivity contribution in [2.24, 2.45) is 5.73 Å². The Kier molecular flexibility index (Phi) is 2.85. The fraction of sp³-hybridized carbons (Fsp3) is 0.250. The topological polar surface area (TPSA) is 76.2 Å². The van der Waals surface area contributed by atoms with Crippen molar-refractivity contribution in [3.63, 3.8) is 0 Å². The largest absolute Gasteiger partial charge is 0.480 e. The first-order valence-electron chi connectivity index (χ1n) is 3.64. The van der Waals surface area contributed by atoms with Crippen LogP contribution >= 0.6 is 11.6 Å². The third-order valence-corrected chi connectivity index (χ3v) is 2.02.